The number of carbonyl (C=O) groups is 1. The van der Waals surface area contributed by atoms with E-state index in [0.29, 0.717) is 36.2 Å². The maximum Gasteiger partial charge on any atom is 0.235 e. The number of rotatable bonds is 4. The molecule has 1 amide bonds. The van der Waals surface area contributed by atoms with Gasteiger partial charge < -0.3 is 14.8 Å². The fourth-order valence-electron chi connectivity index (χ4n) is 4.42. The van der Waals surface area contributed by atoms with Crippen molar-refractivity contribution in [2.24, 2.45) is 0 Å². The lowest BCUT2D eigenvalue weighted by Gasteiger charge is -2.30. The number of benzene rings is 2. The largest absolute Gasteiger partial charge is 0.486 e. The highest BCUT2D eigenvalue weighted by Gasteiger charge is 2.43. The van der Waals surface area contributed by atoms with Gasteiger partial charge in [-0.05, 0) is 66.1 Å². The number of hydrogen-bond donors (Lipinski definition) is 1. The molecule has 3 aromatic rings. The first-order valence-electron chi connectivity index (χ1n) is 10.3. The van der Waals surface area contributed by atoms with Crippen LogP contribution in [0, 0.1) is 12.7 Å². The van der Waals surface area contributed by atoms with Gasteiger partial charge in [-0.1, -0.05) is 18.9 Å². The fourth-order valence-corrected chi connectivity index (χ4v) is 4.42. The van der Waals surface area contributed by atoms with Crippen molar-refractivity contribution in [2.75, 3.05) is 18.5 Å². The minimum absolute atomic E-state index is 0.118. The molecule has 1 aliphatic carbocycles. The van der Waals surface area contributed by atoms with E-state index in [-0.39, 0.29) is 11.6 Å². The molecule has 0 unspecified atom stereocenters. The first kappa shape index (κ1) is 19.5. The minimum atomic E-state index is -0.672. The van der Waals surface area contributed by atoms with Gasteiger partial charge >= 0.3 is 0 Å². The summed E-state index contributed by atoms with van der Waals surface area (Å²) in [6.07, 6.45) is 3.39. The number of nitrogens with zero attached hydrogens (tertiary/aromatic N) is 4. The first-order chi connectivity index (χ1) is 15.1. The Hall–Kier alpha value is -3.49. The van der Waals surface area contributed by atoms with Crippen LogP contribution >= 0.6 is 0 Å². The number of anilines is 1. The molecule has 1 aromatic heterocycles. The van der Waals surface area contributed by atoms with Crippen molar-refractivity contribution in [3.05, 3.63) is 53.6 Å². The van der Waals surface area contributed by atoms with Crippen molar-refractivity contribution in [2.45, 2.75) is 38.0 Å². The molecule has 2 aliphatic rings. The number of hydrogen-bond acceptors (Lipinski definition) is 6. The summed E-state index contributed by atoms with van der Waals surface area (Å²) in [5.74, 6) is 1.22. The molecule has 2 heterocycles. The van der Waals surface area contributed by atoms with Crippen LogP contribution in [0.5, 0.6) is 11.5 Å². The third-order valence-corrected chi connectivity index (χ3v) is 6.04. The lowest BCUT2D eigenvalue weighted by atomic mass is 9.77. The van der Waals surface area contributed by atoms with Crippen molar-refractivity contribution >= 4 is 11.6 Å². The van der Waals surface area contributed by atoms with Crippen molar-refractivity contribution in [3.63, 3.8) is 0 Å². The predicted octanol–water partition coefficient (Wildman–Crippen LogP) is 3.33. The highest BCUT2D eigenvalue weighted by atomic mass is 19.1. The van der Waals surface area contributed by atoms with Crippen LogP contribution < -0.4 is 14.8 Å². The van der Waals surface area contributed by atoms with E-state index in [2.05, 4.69) is 20.8 Å². The van der Waals surface area contributed by atoms with Crippen LogP contribution in [0.4, 0.5) is 10.1 Å². The fraction of sp³-hybridized carbons (Fsp3) is 0.364. The van der Waals surface area contributed by atoms with Crippen LogP contribution in [0.15, 0.2) is 36.4 Å². The van der Waals surface area contributed by atoms with Crippen LogP contribution in [-0.2, 0) is 10.2 Å². The second kappa shape index (κ2) is 7.64. The van der Waals surface area contributed by atoms with E-state index >= 15 is 0 Å². The number of aromatic nitrogens is 4. The van der Waals surface area contributed by atoms with Crippen LogP contribution in [-0.4, -0.2) is 39.3 Å². The Morgan fingerprint density at radius 3 is 2.61 bits per heavy atom. The van der Waals surface area contributed by atoms with Crippen LogP contribution in [0.2, 0.25) is 0 Å². The molecule has 5 rings (SSSR count). The van der Waals surface area contributed by atoms with Gasteiger partial charge in [0.2, 0.25) is 5.91 Å². The van der Waals surface area contributed by atoms with Crippen molar-refractivity contribution in [3.8, 4) is 17.2 Å². The number of aryl methyl sites for hydroxylation is 1. The van der Waals surface area contributed by atoms with Gasteiger partial charge in [-0.2, -0.15) is 4.68 Å². The molecule has 1 N–H and O–H groups in total. The van der Waals surface area contributed by atoms with E-state index in [0.717, 1.165) is 31.2 Å². The van der Waals surface area contributed by atoms with Gasteiger partial charge in [-0.3, -0.25) is 4.79 Å². The monoisotopic (exact) mass is 423 g/mol. The number of carbonyl (C=O) groups excluding carboxylic acids is 1. The Balaban J connectivity index is 1.46. The maximum atomic E-state index is 14.4. The molecule has 1 aliphatic heterocycles. The Morgan fingerprint density at radius 1 is 1.10 bits per heavy atom. The van der Waals surface area contributed by atoms with Crippen LogP contribution in [0.1, 0.15) is 37.1 Å². The summed E-state index contributed by atoms with van der Waals surface area (Å²) in [7, 11) is 0. The van der Waals surface area contributed by atoms with Gasteiger partial charge in [0.05, 0.1) is 5.41 Å². The quantitative estimate of drug-likeness (QED) is 0.692. The van der Waals surface area contributed by atoms with Gasteiger partial charge in [-0.25, -0.2) is 4.39 Å². The van der Waals surface area contributed by atoms with Gasteiger partial charge in [-0.15, -0.1) is 5.10 Å². The Labute approximate surface area is 178 Å². The van der Waals surface area contributed by atoms with E-state index in [1.807, 2.05) is 18.2 Å². The molecule has 0 atom stereocenters. The number of tetrazole rings is 1. The number of nitrogens with one attached hydrogen (secondary N) is 1. The Kier molecular flexibility index (Phi) is 4.80. The maximum absolute atomic E-state index is 14.4. The highest BCUT2D eigenvalue weighted by Crippen LogP contribution is 2.45. The molecule has 0 radical (unpaired) electrons. The van der Waals surface area contributed by atoms with Crippen LogP contribution in [0.3, 0.4) is 0 Å². The van der Waals surface area contributed by atoms with E-state index < -0.39 is 11.2 Å². The summed E-state index contributed by atoms with van der Waals surface area (Å²) in [6.45, 7) is 2.69. The smallest absolute Gasteiger partial charge is 0.235 e. The second-order valence-electron chi connectivity index (χ2n) is 7.91. The first-order valence-corrected chi connectivity index (χ1v) is 10.3. The molecular weight excluding hydrogens is 401 g/mol. The van der Waals surface area contributed by atoms with E-state index in [9.17, 15) is 9.18 Å². The summed E-state index contributed by atoms with van der Waals surface area (Å²) in [5.41, 5.74) is 0.903. The zero-order valence-corrected chi connectivity index (χ0v) is 17.1. The molecule has 1 fully saturated rings. The van der Waals surface area contributed by atoms with Gasteiger partial charge in [0, 0.05) is 5.69 Å². The minimum Gasteiger partial charge on any atom is -0.486 e. The number of ether oxygens (including phenoxy) is 2. The SMILES string of the molecule is Cc1nnnn1-c1cc(NC(=O)C2(c3ccc4c(c3)OCCO4)CCCC2)ccc1F. The lowest BCUT2D eigenvalue weighted by molar-refractivity contribution is -0.121. The number of amides is 1. The molecule has 2 aromatic carbocycles. The van der Waals surface area contributed by atoms with Crippen molar-refractivity contribution < 1.29 is 18.7 Å². The Bertz CT molecular complexity index is 1140. The third-order valence-electron chi connectivity index (χ3n) is 6.04. The molecular formula is C22H22FN5O3. The summed E-state index contributed by atoms with van der Waals surface area (Å²) in [6, 6.07) is 10.1. The molecule has 1 saturated carbocycles. The molecule has 31 heavy (non-hydrogen) atoms. The molecule has 0 saturated heterocycles. The number of halogens is 1. The number of fused-ring (bicyclic) bond motifs is 1. The molecule has 160 valence electrons. The zero-order valence-electron chi connectivity index (χ0n) is 17.1. The lowest BCUT2D eigenvalue weighted by Crippen LogP contribution is -2.38. The van der Waals surface area contributed by atoms with E-state index in [1.165, 1.54) is 10.7 Å². The highest BCUT2D eigenvalue weighted by molar-refractivity contribution is 5.99. The van der Waals surface area contributed by atoms with Crippen molar-refractivity contribution in [1.82, 2.24) is 20.2 Å². The Morgan fingerprint density at radius 2 is 1.87 bits per heavy atom. The topological polar surface area (TPSA) is 91.2 Å². The summed E-state index contributed by atoms with van der Waals surface area (Å²) >= 11 is 0. The van der Waals surface area contributed by atoms with Crippen LogP contribution in [0.25, 0.3) is 5.69 Å². The van der Waals surface area contributed by atoms with Gasteiger partial charge in [0.1, 0.15) is 24.7 Å². The average molecular weight is 423 g/mol. The standard InChI is InChI=1S/C22H22FN5O3/c1-14-25-26-27-28(14)18-13-16(5-6-17(18)23)24-21(29)22(8-2-3-9-22)15-4-7-19-20(12-15)31-11-10-30-19/h4-7,12-13H,2-3,8-11H2,1H3,(H,24,29). The summed E-state index contributed by atoms with van der Waals surface area (Å²) < 4.78 is 27.0. The molecule has 0 spiro atoms. The van der Waals surface area contributed by atoms with Gasteiger partial charge in [0.15, 0.2) is 17.3 Å². The second-order valence-corrected chi connectivity index (χ2v) is 7.91. The molecule has 9 heteroatoms. The summed E-state index contributed by atoms with van der Waals surface area (Å²) in [4.78, 5) is 13.5. The molecule has 8 nitrogen and oxygen atoms in total. The molecule has 0 bridgehead atoms. The summed E-state index contributed by atoms with van der Waals surface area (Å²) in [5, 5.41) is 14.2. The normalized spacial score (nSPS) is 16.8. The zero-order chi connectivity index (χ0) is 21.4. The van der Waals surface area contributed by atoms with E-state index in [1.54, 1.807) is 19.1 Å². The van der Waals surface area contributed by atoms with Gasteiger partial charge in [0.25, 0.3) is 0 Å². The third kappa shape index (κ3) is 3.39. The predicted molar refractivity (Wildman–Crippen MR) is 110 cm³/mol. The van der Waals surface area contributed by atoms with Crippen molar-refractivity contribution in [1.29, 1.82) is 0 Å². The average Bonchev–Trinajstić information content (AvgIpc) is 3.45. The van der Waals surface area contributed by atoms with E-state index in [4.69, 9.17) is 9.47 Å².